The lowest BCUT2D eigenvalue weighted by molar-refractivity contribution is 0.252. The highest BCUT2D eigenvalue weighted by molar-refractivity contribution is 6.31. The molecular formula is C24H19ClFN5O4. The molecule has 11 heteroatoms. The molecule has 5 N–H and O–H groups in total. The normalized spacial score (nSPS) is 10.9. The average molecular weight is 496 g/mol. The molecule has 0 saturated carbocycles. The molecule has 3 aromatic carbocycles. The molecule has 0 saturated heterocycles. The van der Waals surface area contributed by atoms with Gasteiger partial charge in [-0.25, -0.2) is 14.6 Å². The standard InChI is InChI=1S/C24H19ClFN5O4/c1-35-23-11-20-16(19(6-7-27-20)29-14-3-5-18(26)17(25)8-14)10-21(23)30-24(34)31-28-12-13-2-4-15(32)9-22(13)33/h2-12,32-33H,1H3,(H,27,29)(H2,30,31,34)/b28-12+. The molecule has 0 fully saturated rings. The van der Waals surface area contributed by atoms with Crippen molar-refractivity contribution < 1.29 is 24.1 Å². The first-order valence-corrected chi connectivity index (χ1v) is 10.5. The van der Waals surface area contributed by atoms with E-state index in [1.807, 2.05) is 0 Å². The first-order valence-electron chi connectivity index (χ1n) is 10.1. The smallest absolute Gasteiger partial charge is 0.339 e. The van der Waals surface area contributed by atoms with E-state index in [9.17, 15) is 19.4 Å². The van der Waals surface area contributed by atoms with Crippen molar-refractivity contribution in [3.63, 3.8) is 0 Å². The molecule has 0 aliphatic carbocycles. The number of hydrogen-bond acceptors (Lipinski definition) is 7. The lowest BCUT2D eigenvalue weighted by Gasteiger charge is -2.14. The number of urea groups is 1. The predicted octanol–water partition coefficient (Wildman–Crippen LogP) is 5.35. The Labute approximate surface area is 203 Å². The number of aromatic hydroxyl groups is 2. The Morgan fingerprint density at radius 2 is 1.94 bits per heavy atom. The average Bonchev–Trinajstić information content (AvgIpc) is 2.83. The number of phenols is 2. The van der Waals surface area contributed by atoms with Crippen molar-refractivity contribution in [1.82, 2.24) is 10.4 Å². The summed E-state index contributed by atoms with van der Waals surface area (Å²) in [5.41, 5.74) is 4.74. The maximum Gasteiger partial charge on any atom is 0.339 e. The molecule has 35 heavy (non-hydrogen) atoms. The molecule has 0 atom stereocenters. The van der Waals surface area contributed by atoms with Crippen molar-refractivity contribution in [3.05, 3.63) is 77.2 Å². The molecule has 0 unspecified atom stereocenters. The summed E-state index contributed by atoms with van der Waals surface area (Å²) in [4.78, 5) is 16.8. The molecule has 0 aliphatic rings. The van der Waals surface area contributed by atoms with Crippen molar-refractivity contribution in [1.29, 1.82) is 0 Å². The minimum Gasteiger partial charge on any atom is -0.508 e. The Hall–Kier alpha value is -4.57. The Kier molecular flexibility index (Phi) is 6.83. The Morgan fingerprint density at radius 1 is 1.11 bits per heavy atom. The maximum atomic E-state index is 13.5. The van der Waals surface area contributed by atoms with Gasteiger partial charge in [0.15, 0.2) is 0 Å². The number of halogens is 2. The summed E-state index contributed by atoms with van der Waals surface area (Å²) in [6.07, 6.45) is 2.83. The number of rotatable bonds is 6. The van der Waals surface area contributed by atoms with Crippen LogP contribution in [-0.2, 0) is 0 Å². The highest BCUT2D eigenvalue weighted by atomic mass is 35.5. The van der Waals surface area contributed by atoms with Crippen LogP contribution in [0.15, 0.2) is 65.9 Å². The van der Waals surface area contributed by atoms with Gasteiger partial charge in [-0.15, -0.1) is 0 Å². The molecule has 9 nitrogen and oxygen atoms in total. The SMILES string of the molecule is COc1cc2nccc(Nc3ccc(F)c(Cl)c3)c2cc1NC(=O)N/N=C/c1ccc(O)cc1O. The van der Waals surface area contributed by atoms with Crippen molar-refractivity contribution in [2.75, 3.05) is 17.7 Å². The molecule has 0 radical (unpaired) electrons. The lowest BCUT2D eigenvalue weighted by atomic mass is 10.1. The van der Waals surface area contributed by atoms with Crippen LogP contribution in [0.5, 0.6) is 17.2 Å². The van der Waals surface area contributed by atoms with E-state index in [0.717, 1.165) is 6.07 Å². The van der Waals surface area contributed by atoms with E-state index < -0.39 is 11.8 Å². The highest BCUT2D eigenvalue weighted by Crippen LogP contribution is 2.34. The fraction of sp³-hybridized carbons (Fsp3) is 0.0417. The van der Waals surface area contributed by atoms with Gasteiger partial charge in [0.25, 0.3) is 0 Å². The molecule has 178 valence electrons. The van der Waals surface area contributed by atoms with Gasteiger partial charge in [-0.05, 0) is 42.5 Å². The van der Waals surface area contributed by atoms with Crippen LogP contribution in [0.4, 0.5) is 26.2 Å². The lowest BCUT2D eigenvalue weighted by Crippen LogP contribution is -2.24. The molecule has 0 spiro atoms. The number of nitrogens with one attached hydrogen (secondary N) is 3. The molecule has 1 aromatic heterocycles. The second kappa shape index (κ2) is 10.1. The number of carbonyl (C=O) groups is 1. The number of fused-ring (bicyclic) bond motifs is 1. The van der Waals surface area contributed by atoms with E-state index in [-0.39, 0.29) is 16.5 Å². The third-order valence-corrected chi connectivity index (χ3v) is 5.18. The Bertz CT molecular complexity index is 1450. The number of hydrogen-bond donors (Lipinski definition) is 5. The first kappa shape index (κ1) is 23.6. The van der Waals surface area contributed by atoms with Gasteiger partial charge in [0.2, 0.25) is 0 Å². The van der Waals surface area contributed by atoms with E-state index >= 15 is 0 Å². The zero-order valence-corrected chi connectivity index (χ0v) is 19.0. The van der Waals surface area contributed by atoms with Crippen LogP contribution in [-0.4, -0.2) is 34.6 Å². The minimum absolute atomic E-state index is 0.0183. The van der Waals surface area contributed by atoms with Crippen molar-refractivity contribution in [2.45, 2.75) is 0 Å². The van der Waals surface area contributed by atoms with Gasteiger partial charge in [-0.1, -0.05) is 11.6 Å². The number of methoxy groups -OCH3 is 1. The fourth-order valence-corrected chi connectivity index (χ4v) is 3.41. The monoisotopic (exact) mass is 495 g/mol. The molecule has 4 aromatic rings. The molecule has 4 rings (SSSR count). The van der Waals surface area contributed by atoms with Gasteiger partial charge in [-0.2, -0.15) is 5.10 Å². The number of benzene rings is 3. The Balaban J connectivity index is 1.56. The summed E-state index contributed by atoms with van der Waals surface area (Å²) in [7, 11) is 1.46. The fourth-order valence-electron chi connectivity index (χ4n) is 3.23. The Morgan fingerprint density at radius 3 is 2.69 bits per heavy atom. The van der Waals surface area contributed by atoms with E-state index in [0.29, 0.717) is 39.3 Å². The van der Waals surface area contributed by atoms with Crippen LogP contribution in [0.25, 0.3) is 10.9 Å². The van der Waals surface area contributed by atoms with Crippen LogP contribution in [0.3, 0.4) is 0 Å². The van der Waals surface area contributed by atoms with Crippen LogP contribution in [0, 0.1) is 5.82 Å². The number of hydrazone groups is 1. The van der Waals surface area contributed by atoms with E-state index in [2.05, 4.69) is 26.1 Å². The molecule has 0 bridgehead atoms. The van der Waals surface area contributed by atoms with E-state index in [1.165, 1.54) is 37.6 Å². The second-order valence-electron chi connectivity index (χ2n) is 7.25. The predicted molar refractivity (Wildman–Crippen MR) is 133 cm³/mol. The zero-order valence-electron chi connectivity index (χ0n) is 18.2. The van der Waals surface area contributed by atoms with Crippen LogP contribution >= 0.6 is 11.6 Å². The summed E-state index contributed by atoms with van der Waals surface area (Å²) in [5, 5.41) is 29.4. The summed E-state index contributed by atoms with van der Waals surface area (Å²) in [5.74, 6) is -0.452. The highest BCUT2D eigenvalue weighted by Gasteiger charge is 2.13. The number of amides is 2. The third kappa shape index (κ3) is 5.50. The largest absolute Gasteiger partial charge is 0.508 e. The number of anilines is 3. The van der Waals surface area contributed by atoms with Crippen molar-refractivity contribution in [2.24, 2.45) is 5.10 Å². The molecular weight excluding hydrogens is 477 g/mol. The van der Waals surface area contributed by atoms with Gasteiger partial charge in [0, 0.05) is 40.7 Å². The van der Waals surface area contributed by atoms with Crippen LogP contribution < -0.4 is 20.8 Å². The van der Waals surface area contributed by atoms with Crippen LogP contribution in [0.2, 0.25) is 5.02 Å². The number of aromatic nitrogens is 1. The molecule has 2 amide bonds. The van der Waals surface area contributed by atoms with E-state index in [1.54, 1.807) is 30.5 Å². The number of nitrogens with zero attached hydrogens (tertiary/aromatic N) is 2. The maximum absolute atomic E-state index is 13.5. The number of phenolic OH excluding ortho intramolecular Hbond substituents is 2. The number of pyridine rings is 1. The third-order valence-electron chi connectivity index (χ3n) is 4.89. The first-order chi connectivity index (χ1) is 16.8. The summed E-state index contributed by atoms with van der Waals surface area (Å²) in [6, 6.07) is 12.6. The van der Waals surface area contributed by atoms with Gasteiger partial charge in [-0.3, -0.25) is 4.98 Å². The number of carbonyl (C=O) groups excluding carboxylic acids is 1. The molecule has 0 aliphatic heterocycles. The summed E-state index contributed by atoms with van der Waals surface area (Å²) < 4.78 is 18.9. The van der Waals surface area contributed by atoms with Gasteiger partial charge in [0.1, 0.15) is 23.1 Å². The summed E-state index contributed by atoms with van der Waals surface area (Å²) in [6.45, 7) is 0. The van der Waals surface area contributed by atoms with Crippen molar-refractivity contribution in [3.8, 4) is 17.2 Å². The van der Waals surface area contributed by atoms with Gasteiger partial charge >= 0.3 is 6.03 Å². The summed E-state index contributed by atoms with van der Waals surface area (Å²) >= 11 is 5.88. The minimum atomic E-state index is -0.666. The van der Waals surface area contributed by atoms with E-state index in [4.69, 9.17) is 16.3 Å². The van der Waals surface area contributed by atoms with Crippen molar-refractivity contribution >= 4 is 51.8 Å². The molecule has 1 heterocycles. The second-order valence-corrected chi connectivity index (χ2v) is 7.66. The zero-order chi connectivity index (χ0) is 24.9. The number of ether oxygens (including phenoxy) is 1. The quantitative estimate of drug-likeness (QED) is 0.181. The topological polar surface area (TPSA) is 128 Å². The van der Waals surface area contributed by atoms with Crippen LogP contribution in [0.1, 0.15) is 5.56 Å². The van der Waals surface area contributed by atoms with Gasteiger partial charge in [0.05, 0.1) is 29.6 Å². The van der Waals surface area contributed by atoms with Gasteiger partial charge < -0.3 is 25.6 Å².